The summed E-state index contributed by atoms with van der Waals surface area (Å²) in [7, 11) is 0. The second kappa shape index (κ2) is 7.64. The lowest BCUT2D eigenvalue weighted by Gasteiger charge is -2.32. The maximum Gasteiger partial charge on any atom is 0.0119 e. The topological polar surface area (TPSA) is 29.3 Å². The molecule has 0 bridgehead atoms. The summed E-state index contributed by atoms with van der Waals surface area (Å²) in [6.07, 6.45) is 6.65. The van der Waals surface area contributed by atoms with E-state index in [2.05, 4.69) is 39.5 Å². The molecule has 0 radical (unpaired) electrons. The Hall–Kier alpha value is -0.0800. The molecule has 1 heterocycles. The summed E-state index contributed by atoms with van der Waals surface area (Å²) in [6.45, 7) is 15.3. The summed E-state index contributed by atoms with van der Waals surface area (Å²) in [4.78, 5) is 2.73. The number of likely N-dealkylation sites (tertiary alicyclic amines) is 1. The Labute approximate surface area is 121 Å². The third-order valence-electron chi connectivity index (χ3n) is 4.92. The van der Waals surface area contributed by atoms with Crippen LogP contribution in [0.2, 0.25) is 0 Å². The SMILES string of the molecule is CC(C)C1CCCN1CCCC(CCN)C(C)(C)C. The van der Waals surface area contributed by atoms with Gasteiger partial charge in [-0.1, -0.05) is 34.6 Å². The van der Waals surface area contributed by atoms with Crippen LogP contribution in [-0.2, 0) is 0 Å². The molecule has 0 saturated carbocycles. The molecule has 1 saturated heterocycles. The van der Waals surface area contributed by atoms with Crippen molar-refractivity contribution in [1.29, 1.82) is 0 Å². The van der Waals surface area contributed by atoms with Crippen molar-refractivity contribution in [1.82, 2.24) is 4.90 Å². The first-order chi connectivity index (χ1) is 8.86. The van der Waals surface area contributed by atoms with Crippen molar-refractivity contribution in [3.63, 3.8) is 0 Å². The summed E-state index contributed by atoms with van der Waals surface area (Å²) in [5.41, 5.74) is 6.18. The number of hydrogen-bond donors (Lipinski definition) is 1. The smallest absolute Gasteiger partial charge is 0.0119 e. The minimum atomic E-state index is 0.405. The molecule has 1 fully saturated rings. The normalized spacial score (nSPS) is 23.2. The van der Waals surface area contributed by atoms with Gasteiger partial charge in [0.15, 0.2) is 0 Å². The zero-order valence-corrected chi connectivity index (χ0v) is 13.9. The Kier molecular flexibility index (Phi) is 6.82. The van der Waals surface area contributed by atoms with Crippen LogP contribution in [0.25, 0.3) is 0 Å². The monoisotopic (exact) mass is 268 g/mol. The Morgan fingerprint density at radius 2 is 1.89 bits per heavy atom. The molecule has 0 aromatic rings. The Morgan fingerprint density at radius 1 is 1.21 bits per heavy atom. The number of rotatable bonds is 7. The second-order valence-electron chi connectivity index (χ2n) is 7.77. The van der Waals surface area contributed by atoms with Gasteiger partial charge in [0.25, 0.3) is 0 Å². The average Bonchev–Trinajstić information content (AvgIpc) is 2.75. The molecule has 2 nitrogen and oxygen atoms in total. The average molecular weight is 268 g/mol. The lowest BCUT2D eigenvalue weighted by atomic mass is 9.76. The highest BCUT2D eigenvalue weighted by atomic mass is 15.2. The molecule has 2 N–H and O–H groups in total. The molecule has 1 aliphatic rings. The van der Waals surface area contributed by atoms with Crippen LogP contribution in [0.5, 0.6) is 0 Å². The van der Waals surface area contributed by atoms with Gasteiger partial charge in [0, 0.05) is 6.04 Å². The maximum absolute atomic E-state index is 5.77. The molecule has 2 atom stereocenters. The number of nitrogens with zero attached hydrogens (tertiary/aromatic N) is 1. The van der Waals surface area contributed by atoms with Crippen LogP contribution in [0.15, 0.2) is 0 Å². The molecule has 0 aromatic carbocycles. The van der Waals surface area contributed by atoms with Crippen LogP contribution in [0.3, 0.4) is 0 Å². The number of nitrogens with two attached hydrogens (primary N) is 1. The molecule has 0 aromatic heterocycles. The zero-order valence-electron chi connectivity index (χ0n) is 13.9. The second-order valence-corrected chi connectivity index (χ2v) is 7.77. The quantitative estimate of drug-likeness (QED) is 0.759. The maximum atomic E-state index is 5.77. The largest absolute Gasteiger partial charge is 0.330 e. The van der Waals surface area contributed by atoms with Crippen molar-refractivity contribution in [3.8, 4) is 0 Å². The summed E-state index contributed by atoms with van der Waals surface area (Å²) >= 11 is 0. The number of hydrogen-bond acceptors (Lipinski definition) is 2. The van der Waals surface area contributed by atoms with Crippen LogP contribution in [-0.4, -0.2) is 30.6 Å². The Balaban J connectivity index is 2.35. The van der Waals surface area contributed by atoms with E-state index in [1.165, 1.54) is 45.2 Å². The molecule has 0 spiro atoms. The molecular weight excluding hydrogens is 232 g/mol. The highest BCUT2D eigenvalue weighted by molar-refractivity contribution is 4.82. The van der Waals surface area contributed by atoms with E-state index < -0.39 is 0 Å². The van der Waals surface area contributed by atoms with E-state index in [1.54, 1.807) is 0 Å². The van der Waals surface area contributed by atoms with Gasteiger partial charge in [0.2, 0.25) is 0 Å². The third kappa shape index (κ3) is 5.43. The first-order valence-electron chi connectivity index (χ1n) is 8.30. The summed E-state index contributed by atoms with van der Waals surface area (Å²) < 4.78 is 0. The van der Waals surface area contributed by atoms with Crippen LogP contribution < -0.4 is 5.73 Å². The van der Waals surface area contributed by atoms with Crippen molar-refractivity contribution in [2.75, 3.05) is 19.6 Å². The Morgan fingerprint density at radius 3 is 2.42 bits per heavy atom. The van der Waals surface area contributed by atoms with E-state index in [0.717, 1.165) is 24.4 Å². The van der Waals surface area contributed by atoms with Crippen molar-refractivity contribution in [3.05, 3.63) is 0 Å². The predicted molar refractivity (Wildman–Crippen MR) is 85.3 cm³/mol. The van der Waals surface area contributed by atoms with Gasteiger partial charge >= 0.3 is 0 Å². The van der Waals surface area contributed by atoms with E-state index in [0.29, 0.717) is 5.41 Å². The summed E-state index contributed by atoms with van der Waals surface area (Å²) in [5, 5.41) is 0. The minimum Gasteiger partial charge on any atom is -0.330 e. The van der Waals surface area contributed by atoms with E-state index >= 15 is 0 Å². The van der Waals surface area contributed by atoms with Gasteiger partial charge in [-0.05, 0) is 69.0 Å². The fourth-order valence-corrected chi connectivity index (χ4v) is 3.64. The summed E-state index contributed by atoms with van der Waals surface area (Å²) in [6, 6.07) is 0.836. The molecule has 1 aliphatic heterocycles. The molecule has 2 unspecified atom stereocenters. The standard InChI is InChI=1S/C17H36N2/c1-14(2)16-9-7-13-19(16)12-6-8-15(10-11-18)17(3,4)5/h14-16H,6-13,18H2,1-5H3. The van der Waals surface area contributed by atoms with Gasteiger partial charge < -0.3 is 10.6 Å². The van der Waals surface area contributed by atoms with Crippen molar-refractivity contribution < 1.29 is 0 Å². The lowest BCUT2D eigenvalue weighted by molar-refractivity contribution is 0.173. The fourth-order valence-electron chi connectivity index (χ4n) is 3.64. The Bertz CT molecular complexity index is 242. The molecular formula is C17H36N2. The first-order valence-corrected chi connectivity index (χ1v) is 8.30. The highest BCUT2D eigenvalue weighted by Crippen LogP contribution is 2.32. The van der Waals surface area contributed by atoms with Crippen molar-refractivity contribution in [2.24, 2.45) is 23.0 Å². The van der Waals surface area contributed by atoms with Crippen LogP contribution >= 0.6 is 0 Å². The zero-order chi connectivity index (χ0) is 14.5. The van der Waals surface area contributed by atoms with Gasteiger partial charge in [0.1, 0.15) is 0 Å². The highest BCUT2D eigenvalue weighted by Gasteiger charge is 2.28. The first kappa shape index (κ1) is 17.0. The minimum absolute atomic E-state index is 0.405. The fraction of sp³-hybridized carbons (Fsp3) is 1.00. The molecule has 0 amide bonds. The summed E-state index contributed by atoms with van der Waals surface area (Å²) in [5.74, 6) is 1.59. The van der Waals surface area contributed by atoms with Crippen LogP contribution in [0.4, 0.5) is 0 Å². The van der Waals surface area contributed by atoms with Gasteiger partial charge in [0.05, 0.1) is 0 Å². The lowest BCUT2D eigenvalue weighted by Crippen LogP contribution is -2.34. The predicted octanol–water partition coefficient (Wildman–Crippen LogP) is 3.90. The molecule has 1 rings (SSSR count). The van der Waals surface area contributed by atoms with Gasteiger partial charge in [-0.15, -0.1) is 0 Å². The van der Waals surface area contributed by atoms with E-state index in [-0.39, 0.29) is 0 Å². The van der Waals surface area contributed by atoms with Crippen molar-refractivity contribution in [2.45, 2.75) is 72.8 Å². The van der Waals surface area contributed by atoms with Gasteiger partial charge in [-0.3, -0.25) is 0 Å². The van der Waals surface area contributed by atoms with E-state index in [1.807, 2.05) is 0 Å². The van der Waals surface area contributed by atoms with Crippen LogP contribution in [0, 0.1) is 17.3 Å². The molecule has 19 heavy (non-hydrogen) atoms. The van der Waals surface area contributed by atoms with Crippen molar-refractivity contribution >= 4 is 0 Å². The molecule has 114 valence electrons. The van der Waals surface area contributed by atoms with E-state index in [9.17, 15) is 0 Å². The van der Waals surface area contributed by atoms with Crippen LogP contribution in [0.1, 0.15) is 66.7 Å². The third-order valence-corrected chi connectivity index (χ3v) is 4.92. The molecule has 2 heteroatoms. The van der Waals surface area contributed by atoms with Gasteiger partial charge in [-0.2, -0.15) is 0 Å². The van der Waals surface area contributed by atoms with Gasteiger partial charge in [-0.25, -0.2) is 0 Å². The van der Waals surface area contributed by atoms with E-state index in [4.69, 9.17) is 5.73 Å². The molecule has 0 aliphatic carbocycles.